The Kier molecular flexibility index (Phi) is 5.43. The number of hydrogen-bond donors (Lipinski definition) is 1. The molecule has 0 spiro atoms. The molecule has 0 unspecified atom stereocenters. The van der Waals surface area contributed by atoms with Gasteiger partial charge in [0.2, 0.25) is 16.0 Å². The highest BCUT2D eigenvalue weighted by atomic mass is 32.1. The minimum atomic E-state index is -0.0512. The maximum atomic E-state index is 12.9. The Morgan fingerprint density at radius 1 is 1.09 bits per heavy atom. The van der Waals surface area contributed by atoms with Crippen molar-refractivity contribution in [2.45, 2.75) is 33.6 Å². The second kappa shape index (κ2) is 8.39. The van der Waals surface area contributed by atoms with Crippen LogP contribution in [-0.4, -0.2) is 33.6 Å². The molecule has 2 aromatic heterocycles. The van der Waals surface area contributed by atoms with Gasteiger partial charge in [-0.1, -0.05) is 47.2 Å². The van der Waals surface area contributed by atoms with Crippen molar-refractivity contribution in [1.29, 1.82) is 0 Å². The van der Waals surface area contributed by atoms with E-state index in [2.05, 4.69) is 55.3 Å². The lowest BCUT2D eigenvalue weighted by Crippen LogP contribution is -2.40. The summed E-state index contributed by atoms with van der Waals surface area (Å²) in [6, 6.07) is 14.4. The van der Waals surface area contributed by atoms with Gasteiger partial charge < -0.3 is 10.2 Å². The SMILES string of the molecule is Cc1ccc(-c2cn3nc(N4CCC[C@@H](C(=O)Nc5ccc(C)c(C)c5)C4)sc3n2)cc1. The van der Waals surface area contributed by atoms with Gasteiger partial charge in [0, 0.05) is 24.3 Å². The average molecular weight is 446 g/mol. The molecule has 0 aliphatic carbocycles. The zero-order chi connectivity index (χ0) is 22.2. The summed E-state index contributed by atoms with van der Waals surface area (Å²) in [6.07, 6.45) is 3.85. The van der Waals surface area contributed by atoms with Gasteiger partial charge in [-0.25, -0.2) is 9.50 Å². The summed E-state index contributed by atoms with van der Waals surface area (Å²) in [5, 5.41) is 8.79. The number of fused-ring (bicyclic) bond motifs is 1. The number of amides is 1. The van der Waals surface area contributed by atoms with Crippen LogP contribution < -0.4 is 10.2 Å². The Bertz CT molecular complexity index is 1240. The van der Waals surface area contributed by atoms with E-state index in [1.54, 1.807) is 11.3 Å². The normalized spacial score (nSPS) is 16.5. The molecule has 7 heteroatoms. The summed E-state index contributed by atoms with van der Waals surface area (Å²) in [4.78, 5) is 20.8. The first kappa shape index (κ1) is 20.7. The Hall–Kier alpha value is -3.19. The van der Waals surface area contributed by atoms with Crippen LogP contribution >= 0.6 is 11.3 Å². The van der Waals surface area contributed by atoms with Gasteiger partial charge in [-0.15, -0.1) is 5.10 Å². The van der Waals surface area contributed by atoms with Crippen LogP contribution in [0.25, 0.3) is 16.2 Å². The summed E-state index contributed by atoms with van der Waals surface area (Å²) in [7, 11) is 0. The number of rotatable bonds is 4. The molecule has 1 aliphatic heterocycles. The summed E-state index contributed by atoms with van der Waals surface area (Å²) in [6.45, 7) is 7.81. The number of carbonyl (C=O) groups excluding carboxylic acids is 1. The molecule has 32 heavy (non-hydrogen) atoms. The number of aryl methyl sites for hydroxylation is 3. The van der Waals surface area contributed by atoms with Gasteiger partial charge in [-0.2, -0.15) is 0 Å². The maximum absolute atomic E-state index is 12.9. The van der Waals surface area contributed by atoms with Crippen molar-refractivity contribution in [1.82, 2.24) is 14.6 Å². The third-order valence-corrected chi connectivity index (χ3v) is 7.20. The van der Waals surface area contributed by atoms with Crippen molar-refractivity contribution in [3.8, 4) is 11.3 Å². The lowest BCUT2D eigenvalue weighted by Gasteiger charge is -2.31. The molecule has 1 fully saturated rings. The second-order valence-corrected chi connectivity index (χ2v) is 9.61. The van der Waals surface area contributed by atoms with E-state index >= 15 is 0 Å². The largest absolute Gasteiger partial charge is 0.346 e. The van der Waals surface area contributed by atoms with E-state index in [1.165, 1.54) is 16.7 Å². The standard InChI is InChI=1S/C25H27N5OS/c1-16-6-9-19(10-7-16)22-15-30-24(27-22)32-25(28-30)29-12-4-5-20(14-29)23(31)26-21-11-8-17(2)18(3)13-21/h6-11,13,15,20H,4-5,12,14H2,1-3H3,(H,26,31)/t20-/m1/s1. The van der Waals surface area contributed by atoms with Crippen LogP contribution in [0.3, 0.4) is 0 Å². The molecule has 164 valence electrons. The summed E-state index contributed by atoms with van der Waals surface area (Å²) < 4.78 is 1.86. The highest BCUT2D eigenvalue weighted by molar-refractivity contribution is 7.20. The number of nitrogens with one attached hydrogen (secondary N) is 1. The third-order valence-electron chi connectivity index (χ3n) is 6.22. The van der Waals surface area contributed by atoms with Crippen molar-refractivity contribution < 1.29 is 4.79 Å². The molecule has 1 amide bonds. The number of aromatic nitrogens is 3. The molecule has 2 aromatic carbocycles. The molecule has 1 aliphatic rings. The van der Waals surface area contributed by atoms with Gasteiger partial charge in [0.1, 0.15) is 0 Å². The minimum absolute atomic E-state index is 0.0512. The topological polar surface area (TPSA) is 62.5 Å². The van der Waals surface area contributed by atoms with E-state index in [4.69, 9.17) is 10.1 Å². The lowest BCUT2D eigenvalue weighted by molar-refractivity contribution is -0.120. The lowest BCUT2D eigenvalue weighted by atomic mass is 9.97. The predicted molar refractivity (Wildman–Crippen MR) is 131 cm³/mol. The fraction of sp³-hybridized carbons (Fsp3) is 0.320. The first-order valence-electron chi connectivity index (χ1n) is 11.0. The van der Waals surface area contributed by atoms with Crippen molar-refractivity contribution in [2.24, 2.45) is 5.92 Å². The van der Waals surface area contributed by atoms with Crippen molar-refractivity contribution in [3.63, 3.8) is 0 Å². The monoisotopic (exact) mass is 445 g/mol. The van der Waals surface area contributed by atoms with E-state index < -0.39 is 0 Å². The number of carbonyl (C=O) groups is 1. The molecule has 1 saturated heterocycles. The first-order chi connectivity index (χ1) is 15.5. The molecule has 1 atom stereocenters. The van der Waals surface area contributed by atoms with Crippen LogP contribution in [0.4, 0.5) is 10.8 Å². The Morgan fingerprint density at radius 2 is 1.91 bits per heavy atom. The van der Waals surface area contributed by atoms with Crippen molar-refractivity contribution in [2.75, 3.05) is 23.3 Å². The quantitative estimate of drug-likeness (QED) is 0.467. The van der Waals surface area contributed by atoms with E-state index in [0.717, 1.165) is 46.4 Å². The van der Waals surface area contributed by atoms with Gasteiger partial charge in [0.05, 0.1) is 17.8 Å². The van der Waals surface area contributed by atoms with Crippen LogP contribution in [0.5, 0.6) is 0 Å². The smallest absolute Gasteiger partial charge is 0.229 e. The molecule has 0 bridgehead atoms. The highest BCUT2D eigenvalue weighted by Crippen LogP contribution is 2.30. The van der Waals surface area contributed by atoms with E-state index in [-0.39, 0.29) is 11.8 Å². The number of piperidine rings is 1. The van der Waals surface area contributed by atoms with Gasteiger partial charge in [-0.05, 0) is 56.9 Å². The molecule has 5 rings (SSSR count). The summed E-state index contributed by atoms with van der Waals surface area (Å²) >= 11 is 1.58. The molecule has 1 N–H and O–H groups in total. The fourth-order valence-electron chi connectivity index (χ4n) is 4.11. The highest BCUT2D eigenvalue weighted by Gasteiger charge is 2.28. The van der Waals surface area contributed by atoms with Gasteiger partial charge in [0.25, 0.3) is 0 Å². The average Bonchev–Trinajstić information content (AvgIpc) is 3.36. The molecule has 4 aromatic rings. The Labute approximate surface area is 191 Å². The summed E-state index contributed by atoms with van der Waals surface area (Å²) in [5.41, 5.74) is 6.54. The van der Waals surface area contributed by atoms with Gasteiger partial charge in [0.15, 0.2) is 0 Å². The van der Waals surface area contributed by atoms with E-state index in [9.17, 15) is 4.79 Å². The fourth-order valence-corrected chi connectivity index (χ4v) is 5.03. The first-order valence-corrected chi connectivity index (χ1v) is 11.8. The minimum Gasteiger partial charge on any atom is -0.346 e. The van der Waals surface area contributed by atoms with Crippen molar-refractivity contribution in [3.05, 3.63) is 65.4 Å². The maximum Gasteiger partial charge on any atom is 0.229 e. The Balaban J connectivity index is 1.29. The number of hydrogen-bond acceptors (Lipinski definition) is 5. The number of imidazole rings is 1. The number of nitrogens with zero attached hydrogens (tertiary/aromatic N) is 4. The third kappa shape index (κ3) is 4.12. The van der Waals surface area contributed by atoms with Gasteiger partial charge >= 0.3 is 0 Å². The van der Waals surface area contributed by atoms with Crippen molar-refractivity contribution >= 4 is 33.0 Å². The molecular formula is C25H27N5OS. The molecule has 0 radical (unpaired) electrons. The zero-order valence-corrected chi connectivity index (χ0v) is 19.4. The number of benzene rings is 2. The molecule has 3 heterocycles. The van der Waals surface area contributed by atoms with Gasteiger partial charge in [-0.3, -0.25) is 4.79 Å². The van der Waals surface area contributed by atoms with Crippen LogP contribution in [-0.2, 0) is 4.79 Å². The van der Waals surface area contributed by atoms with Crippen LogP contribution in [0.15, 0.2) is 48.7 Å². The number of anilines is 2. The van der Waals surface area contributed by atoms with E-state index in [0.29, 0.717) is 6.54 Å². The Morgan fingerprint density at radius 3 is 2.66 bits per heavy atom. The zero-order valence-electron chi connectivity index (χ0n) is 18.6. The molecule has 6 nitrogen and oxygen atoms in total. The van der Waals surface area contributed by atoms with Crippen LogP contribution in [0.2, 0.25) is 0 Å². The van der Waals surface area contributed by atoms with Crippen LogP contribution in [0.1, 0.15) is 29.5 Å². The van der Waals surface area contributed by atoms with Crippen LogP contribution in [0, 0.1) is 26.7 Å². The van der Waals surface area contributed by atoms with E-state index in [1.807, 2.05) is 28.9 Å². The molecule has 0 saturated carbocycles. The second-order valence-electron chi connectivity index (χ2n) is 8.68. The summed E-state index contributed by atoms with van der Waals surface area (Å²) in [5.74, 6) is 0.0330. The molecular weight excluding hydrogens is 418 g/mol. The predicted octanol–water partition coefficient (Wildman–Crippen LogP) is 5.24.